The van der Waals surface area contributed by atoms with Crippen molar-refractivity contribution in [2.75, 3.05) is 11.9 Å². The Morgan fingerprint density at radius 3 is 2.96 bits per heavy atom. The Bertz CT molecular complexity index is 897. The molecule has 1 unspecified atom stereocenters. The van der Waals surface area contributed by atoms with Gasteiger partial charge in [0.05, 0.1) is 18.2 Å². The molecule has 0 bridgehead atoms. The molecule has 4 rings (SSSR count). The number of hydrogen-bond donors (Lipinski definition) is 1. The van der Waals surface area contributed by atoms with Crippen LogP contribution in [0.2, 0.25) is 0 Å². The summed E-state index contributed by atoms with van der Waals surface area (Å²) >= 11 is 0. The Morgan fingerprint density at radius 2 is 2.21 bits per heavy atom. The fourth-order valence-corrected chi connectivity index (χ4v) is 3.00. The molecule has 0 radical (unpaired) electrons. The number of aryl methyl sites for hydroxylation is 1. The first-order chi connectivity index (χ1) is 11.7. The number of imidazole rings is 1. The number of carbonyl (C=O) groups excluding carboxylic acids is 1. The monoisotopic (exact) mass is 322 g/mol. The van der Waals surface area contributed by atoms with E-state index in [1.54, 1.807) is 12.5 Å². The van der Waals surface area contributed by atoms with Crippen LogP contribution in [-0.2, 0) is 16.6 Å². The summed E-state index contributed by atoms with van der Waals surface area (Å²) in [6.07, 6.45) is 6.72. The average molecular weight is 322 g/mol. The van der Waals surface area contributed by atoms with Gasteiger partial charge in [0, 0.05) is 30.8 Å². The molecule has 1 aromatic carbocycles. The molecule has 1 atom stereocenters. The number of anilines is 1. The SMILES string of the molecule is Cn1cncc1-c1ccc2cnc(NC(=O)C3CCCO3)cc2c1. The number of nitrogens with one attached hydrogen (secondary N) is 1. The summed E-state index contributed by atoms with van der Waals surface area (Å²) in [4.78, 5) is 20.6. The van der Waals surface area contributed by atoms with E-state index in [9.17, 15) is 4.79 Å². The van der Waals surface area contributed by atoms with E-state index in [0.717, 1.165) is 34.9 Å². The molecule has 0 aliphatic carbocycles. The van der Waals surface area contributed by atoms with E-state index in [0.29, 0.717) is 12.4 Å². The highest BCUT2D eigenvalue weighted by Gasteiger charge is 2.23. The molecular formula is C18H18N4O2. The van der Waals surface area contributed by atoms with Gasteiger partial charge in [-0.25, -0.2) is 9.97 Å². The molecule has 24 heavy (non-hydrogen) atoms. The highest BCUT2D eigenvalue weighted by molar-refractivity contribution is 5.96. The molecule has 122 valence electrons. The average Bonchev–Trinajstić information content (AvgIpc) is 3.25. The maximum absolute atomic E-state index is 12.2. The Balaban J connectivity index is 1.64. The van der Waals surface area contributed by atoms with Crippen LogP contribution in [0.1, 0.15) is 12.8 Å². The summed E-state index contributed by atoms with van der Waals surface area (Å²) in [7, 11) is 1.96. The molecule has 6 nitrogen and oxygen atoms in total. The van der Waals surface area contributed by atoms with Crippen molar-refractivity contribution in [1.82, 2.24) is 14.5 Å². The van der Waals surface area contributed by atoms with Crippen LogP contribution in [0.4, 0.5) is 5.82 Å². The van der Waals surface area contributed by atoms with Gasteiger partial charge in [0.2, 0.25) is 0 Å². The standard InChI is InChI=1S/C18H18N4O2/c1-22-11-19-10-15(22)12-4-5-13-9-20-17(8-14(13)7-12)21-18(23)16-3-2-6-24-16/h4-5,7-11,16H,2-3,6H2,1H3,(H,20,21,23). The summed E-state index contributed by atoms with van der Waals surface area (Å²) in [6, 6.07) is 8.04. The lowest BCUT2D eigenvalue weighted by atomic mass is 10.1. The number of benzene rings is 1. The van der Waals surface area contributed by atoms with Gasteiger partial charge in [-0.05, 0) is 30.4 Å². The van der Waals surface area contributed by atoms with Crippen LogP contribution in [-0.4, -0.2) is 33.2 Å². The predicted molar refractivity (Wildman–Crippen MR) is 91.5 cm³/mol. The number of fused-ring (bicyclic) bond motifs is 1. The molecule has 0 saturated carbocycles. The molecular weight excluding hydrogens is 304 g/mol. The van der Waals surface area contributed by atoms with Crippen LogP contribution in [0.3, 0.4) is 0 Å². The van der Waals surface area contributed by atoms with Crippen molar-refractivity contribution in [3.63, 3.8) is 0 Å². The minimum atomic E-state index is -0.358. The number of amides is 1. The molecule has 1 aliphatic rings. The second kappa shape index (κ2) is 6.05. The van der Waals surface area contributed by atoms with Crippen LogP contribution in [0.25, 0.3) is 22.0 Å². The summed E-state index contributed by atoms with van der Waals surface area (Å²) in [5.41, 5.74) is 2.11. The minimum absolute atomic E-state index is 0.123. The largest absolute Gasteiger partial charge is 0.368 e. The summed E-state index contributed by atoms with van der Waals surface area (Å²) < 4.78 is 7.38. The Kier molecular flexibility index (Phi) is 3.74. The van der Waals surface area contributed by atoms with E-state index in [-0.39, 0.29) is 12.0 Å². The van der Waals surface area contributed by atoms with Gasteiger partial charge >= 0.3 is 0 Å². The quantitative estimate of drug-likeness (QED) is 0.805. The predicted octanol–water partition coefficient (Wildman–Crippen LogP) is 2.75. The first-order valence-electron chi connectivity index (χ1n) is 8.00. The van der Waals surface area contributed by atoms with E-state index < -0.39 is 0 Å². The molecule has 2 aromatic heterocycles. The van der Waals surface area contributed by atoms with Crippen molar-refractivity contribution < 1.29 is 9.53 Å². The normalized spacial score (nSPS) is 17.3. The third-order valence-electron chi connectivity index (χ3n) is 4.31. The van der Waals surface area contributed by atoms with Crippen LogP contribution in [0.5, 0.6) is 0 Å². The second-order valence-electron chi connectivity index (χ2n) is 6.01. The van der Waals surface area contributed by atoms with E-state index in [1.807, 2.05) is 36.0 Å². The molecule has 3 heterocycles. The Hall–Kier alpha value is -2.73. The summed E-state index contributed by atoms with van der Waals surface area (Å²) in [5, 5.41) is 4.89. The number of carbonyl (C=O) groups is 1. The number of nitrogens with zero attached hydrogens (tertiary/aromatic N) is 3. The zero-order valence-corrected chi connectivity index (χ0v) is 13.4. The molecule has 3 aromatic rings. The van der Waals surface area contributed by atoms with Crippen LogP contribution < -0.4 is 5.32 Å². The van der Waals surface area contributed by atoms with Crippen molar-refractivity contribution in [2.24, 2.45) is 7.05 Å². The van der Waals surface area contributed by atoms with Gasteiger partial charge < -0.3 is 14.6 Å². The zero-order valence-electron chi connectivity index (χ0n) is 13.4. The zero-order chi connectivity index (χ0) is 16.5. The van der Waals surface area contributed by atoms with E-state index in [2.05, 4.69) is 21.4 Å². The number of pyridine rings is 1. The fourth-order valence-electron chi connectivity index (χ4n) is 3.00. The first kappa shape index (κ1) is 14.8. The molecule has 1 saturated heterocycles. The lowest BCUT2D eigenvalue weighted by molar-refractivity contribution is -0.124. The lowest BCUT2D eigenvalue weighted by Crippen LogP contribution is -2.27. The summed E-state index contributed by atoms with van der Waals surface area (Å²) in [6.45, 7) is 0.650. The molecule has 1 amide bonds. The van der Waals surface area contributed by atoms with Gasteiger partial charge in [0.1, 0.15) is 11.9 Å². The van der Waals surface area contributed by atoms with Crippen molar-refractivity contribution in [1.29, 1.82) is 0 Å². The first-order valence-corrected chi connectivity index (χ1v) is 8.00. The number of aromatic nitrogens is 3. The van der Waals surface area contributed by atoms with Crippen LogP contribution in [0.15, 0.2) is 43.0 Å². The van der Waals surface area contributed by atoms with Gasteiger partial charge in [0.15, 0.2) is 0 Å². The van der Waals surface area contributed by atoms with Gasteiger partial charge in [-0.2, -0.15) is 0 Å². The van der Waals surface area contributed by atoms with Crippen LogP contribution >= 0.6 is 0 Å². The minimum Gasteiger partial charge on any atom is -0.368 e. The smallest absolute Gasteiger partial charge is 0.254 e. The van der Waals surface area contributed by atoms with Gasteiger partial charge in [-0.1, -0.05) is 12.1 Å². The number of rotatable bonds is 3. The van der Waals surface area contributed by atoms with Gasteiger partial charge in [-0.3, -0.25) is 4.79 Å². The number of hydrogen-bond acceptors (Lipinski definition) is 4. The maximum atomic E-state index is 12.2. The van der Waals surface area contributed by atoms with Crippen molar-refractivity contribution >= 4 is 22.5 Å². The maximum Gasteiger partial charge on any atom is 0.254 e. The fraction of sp³-hybridized carbons (Fsp3) is 0.278. The topological polar surface area (TPSA) is 69.0 Å². The summed E-state index contributed by atoms with van der Waals surface area (Å²) in [5.74, 6) is 0.423. The molecule has 1 fully saturated rings. The third-order valence-corrected chi connectivity index (χ3v) is 4.31. The van der Waals surface area contributed by atoms with Gasteiger partial charge in [0.25, 0.3) is 5.91 Å². The van der Waals surface area contributed by atoms with E-state index >= 15 is 0 Å². The third kappa shape index (κ3) is 2.76. The van der Waals surface area contributed by atoms with E-state index in [4.69, 9.17) is 4.74 Å². The molecule has 6 heteroatoms. The van der Waals surface area contributed by atoms with Crippen molar-refractivity contribution in [3.8, 4) is 11.3 Å². The van der Waals surface area contributed by atoms with E-state index in [1.165, 1.54) is 0 Å². The highest BCUT2D eigenvalue weighted by Crippen LogP contribution is 2.25. The Labute approximate surface area is 139 Å². The van der Waals surface area contributed by atoms with Gasteiger partial charge in [-0.15, -0.1) is 0 Å². The van der Waals surface area contributed by atoms with Crippen molar-refractivity contribution in [3.05, 3.63) is 43.0 Å². The number of ether oxygens (including phenoxy) is 1. The highest BCUT2D eigenvalue weighted by atomic mass is 16.5. The molecule has 1 N–H and O–H groups in total. The molecule has 0 spiro atoms. The van der Waals surface area contributed by atoms with Crippen molar-refractivity contribution in [2.45, 2.75) is 18.9 Å². The lowest BCUT2D eigenvalue weighted by Gasteiger charge is -2.10. The second-order valence-corrected chi connectivity index (χ2v) is 6.01. The van der Waals surface area contributed by atoms with Crippen LogP contribution in [0, 0.1) is 0 Å². The Morgan fingerprint density at radius 1 is 1.29 bits per heavy atom. The molecule has 1 aliphatic heterocycles.